The van der Waals surface area contributed by atoms with E-state index in [0.717, 1.165) is 59.3 Å². The summed E-state index contributed by atoms with van der Waals surface area (Å²) in [6, 6.07) is 0. The molecule has 8 nitrogen and oxygen atoms in total. The third-order valence-corrected chi connectivity index (χ3v) is 7.00. The summed E-state index contributed by atoms with van der Waals surface area (Å²) in [7, 11) is 0. The minimum absolute atomic E-state index is 0.0783. The zero-order chi connectivity index (χ0) is 27.1. The first kappa shape index (κ1) is 33.1. The van der Waals surface area contributed by atoms with E-state index in [2.05, 4.69) is 6.92 Å². The van der Waals surface area contributed by atoms with Gasteiger partial charge in [0, 0.05) is 0 Å². The van der Waals surface area contributed by atoms with Gasteiger partial charge in [-0.1, -0.05) is 57.6 Å². The van der Waals surface area contributed by atoms with Crippen LogP contribution in [-0.4, -0.2) is 62.6 Å². The molecule has 0 aromatic carbocycles. The molecular weight excluding hydrogens is 452 g/mol. The Morgan fingerprint density at radius 2 is 1.40 bits per heavy atom. The number of hydrogen-bond acceptors (Lipinski definition) is 7. The molecule has 3 atom stereocenters. The van der Waals surface area contributed by atoms with Crippen molar-refractivity contribution in [3.8, 4) is 0 Å². The number of hydrogen-bond donors (Lipinski definition) is 4. The van der Waals surface area contributed by atoms with Crippen LogP contribution in [0, 0.1) is 10.8 Å². The van der Waals surface area contributed by atoms with Gasteiger partial charge in [0.05, 0.1) is 24.2 Å². The fourth-order valence-corrected chi connectivity index (χ4v) is 5.08. The Morgan fingerprint density at radius 3 is 1.89 bits per heavy atom. The van der Waals surface area contributed by atoms with Crippen molar-refractivity contribution in [2.75, 3.05) is 6.61 Å². The lowest BCUT2D eigenvalue weighted by Gasteiger charge is -2.44. The maximum absolute atomic E-state index is 12.9. The quantitative estimate of drug-likeness (QED) is 0.106. The molecule has 0 saturated heterocycles. The standard InChI is InChI=1S/C27H46O8/c1-5-6-7-12-15-23(32)16-13-10-8-9-11-14-17-26(20(2)29,18-24(33)19-28)27(21(3)30,22(4)31)25(34)35/h10,13,23-24,28,32-33H,5-9,11-12,14-19H2,1-4H3,(H,34,35)/t23-,24?,26?/m1/s1. The number of ketones is 3. The summed E-state index contributed by atoms with van der Waals surface area (Å²) in [5, 5.41) is 39.5. The topological polar surface area (TPSA) is 149 Å². The SMILES string of the molecule is CCCCCC[C@@H](O)CC=CCCCCCC(CC(O)CO)(C(C)=O)C(C(C)=O)(C(C)=O)C(=O)O. The Bertz CT molecular complexity index is 678. The van der Waals surface area contributed by atoms with Crippen LogP contribution in [0.25, 0.3) is 0 Å². The average molecular weight is 499 g/mol. The van der Waals surface area contributed by atoms with Crippen molar-refractivity contribution >= 4 is 23.3 Å². The van der Waals surface area contributed by atoms with Crippen molar-refractivity contribution < 1.29 is 39.6 Å². The zero-order valence-electron chi connectivity index (χ0n) is 21.9. The molecule has 0 aliphatic heterocycles. The van der Waals surface area contributed by atoms with Crippen LogP contribution in [0.2, 0.25) is 0 Å². The fraction of sp³-hybridized carbons (Fsp3) is 0.778. The lowest BCUT2D eigenvalue weighted by atomic mass is 9.53. The van der Waals surface area contributed by atoms with E-state index in [1.165, 1.54) is 6.42 Å². The van der Waals surface area contributed by atoms with Crippen LogP contribution < -0.4 is 0 Å². The molecule has 0 fully saturated rings. The van der Waals surface area contributed by atoms with E-state index >= 15 is 0 Å². The van der Waals surface area contributed by atoms with Gasteiger partial charge in [-0.25, -0.2) is 0 Å². The summed E-state index contributed by atoms with van der Waals surface area (Å²) in [4.78, 5) is 50.4. The lowest BCUT2D eigenvalue weighted by molar-refractivity contribution is -0.176. The first-order valence-corrected chi connectivity index (χ1v) is 12.8. The molecule has 0 bridgehead atoms. The van der Waals surface area contributed by atoms with Crippen molar-refractivity contribution in [1.82, 2.24) is 0 Å². The maximum Gasteiger partial charge on any atom is 0.325 e. The minimum atomic E-state index is -2.62. The van der Waals surface area contributed by atoms with Crippen molar-refractivity contribution in [1.29, 1.82) is 0 Å². The Labute approximate surface area is 209 Å². The molecule has 202 valence electrons. The molecule has 0 aliphatic carbocycles. The summed E-state index contributed by atoms with van der Waals surface area (Å²) in [5.41, 5.74) is -4.58. The van der Waals surface area contributed by atoms with Gasteiger partial charge in [-0.3, -0.25) is 19.2 Å². The van der Waals surface area contributed by atoms with E-state index in [1.54, 1.807) is 0 Å². The number of rotatable bonds is 21. The highest BCUT2D eigenvalue weighted by atomic mass is 16.4. The molecule has 2 unspecified atom stereocenters. The Morgan fingerprint density at radius 1 is 0.800 bits per heavy atom. The van der Waals surface area contributed by atoms with Gasteiger partial charge < -0.3 is 20.4 Å². The zero-order valence-corrected chi connectivity index (χ0v) is 21.9. The molecule has 0 aromatic rings. The van der Waals surface area contributed by atoms with Gasteiger partial charge in [-0.15, -0.1) is 0 Å². The van der Waals surface area contributed by atoms with E-state index in [9.17, 15) is 39.6 Å². The highest BCUT2D eigenvalue weighted by Crippen LogP contribution is 2.50. The maximum atomic E-state index is 12.9. The van der Waals surface area contributed by atoms with Crippen LogP contribution in [0.3, 0.4) is 0 Å². The predicted octanol–water partition coefficient (Wildman–Crippen LogP) is 3.78. The molecule has 4 N–H and O–H groups in total. The van der Waals surface area contributed by atoms with Crippen LogP contribution in [0.1, 0.15) is 105 Å². The monoisotopic (exact) mass is 498 g/mol. The van der Waals surface area contributed by atoms with Gasteiger partial charge in [0.2, 0.25) is 0 Å². The number of allylic oxidation sites excluding steroid dienone is 1. The van der Waals surface area contributed by atoms with Gasteiger partial charge in [-0.05, 0) is 59.3 Å². The number of aliphatic hydroxyl groups is 3. The Hall–Kier alpha value is -1.90. The van der Waals surface area contributed by atoms with Gasteiger partial charge in [-0.2, -0.15) is 0 Å². The van der Waals surface area contributed by atoms with E-state index in [4.69, 9.17) is 0 Å². The second-order valence-electron chi connectivity index (χ2n) is 9.66. The number of carboxylic acids is 1. The van der Waals surface area contributed by atoms with Crippen LogP contribution in [0.4, 0.5) is 0 Å². The normalized spacial score (nSPS) is 15.5. The van der Waals surface area contributed by atoms with Crippen LogP contribution in [0.5, 0.6) is 0 Å². The van der Waals surface area contributed by atoms with Crippen molar-refractivity contribution in [3.63, 3.8) is 0 Å². The summed E-state index contributed by atoms with van der Waals surface area (Å²) in [5.74, 6) is -4.32. The Balaban J connectivity index is 5.23. The average Bonchev–Trinajstić information content (AvgIpc) is 2.77. The van der Waals surface area contributed by atoms with Crippen molar-refractivity contribution in [2.24, 2.45) is 10.8 Å². The number of carboxylic acid groups (broad SMARTS) is 1. The fourth-order valence-electron chi connectivity index (χ4n) is 5.08. The third kappa shape index (κ3) is 9.24. The number of Topliss-reactive ketones (excluding diaryl/α,β-unsaturated/α-hetero) is 3. The third-order valence-electron chi connectivity index (χ3n) is 7.00. The molecule has 0 rings (SSSR count). The first-order valence-electron chi connectivity index (χ1n) is 12.8. The Kier molecular flexibility index (Phi) is 15.8. The summed E-state index contributed by atoms with van der Waals surface area (Å²) < 4.78 is 0. The summed E-state index contributed by atoms with van der Waals surface area (Å²) in [6.07, 6.45) is 9.86. The molecule has 8 heteroatoms. The molecule has 0 aromatic heterocycles. The molecule has 35 heavy (non-hydrogen) atoms. The summed E-state index contributed by atoms with van der Waals surface area (Å²) in [6.45, 7) is 4.50. The molecule has 0 heterocycles. The molecule has 0 saturated carbocycles. The number of carbonyl (C=O) groups is 4. The molecule has 0 radical (unpaired) electrons. The largest absolute Gasteiger partial charge is 0.480 e. The van der Waals surface area contributed by atoms with Gasteiger partial charge in [0.25, 0.3) is 0 Å². The molecule has 0 aliphatic rings. The second kappa shape index (κ2) is 16.7. The molecular formula is C27H46O8. The number of aliphatic carboxylic acids is 1. The smallest absolute Gasteiger partial charge is 0.325 e. The minimum Gasteiger partial charge on any atom is -0.480 e. The number of unbranched alkanes of at least 4 members (excludes halogenated alkanes) is 6. The van der Waals surface area contributed by atoms with Gasteiger partial charge in [0.15, 0.2) is 17.0 Å². The van der Waals surface area contributed by atoms with Gasteiger partial charge in [0.1, 0.15) is 5.78 Å². The lowest BCUT2D eigenvalue weighted by Crippen LogP contribution is -2.61. The molecule has 0 spiro atoms. The highest BCUT2D eigenvalue weighted by molar-refractivity contribution is 6.24. The van der Waals surface area contributed by atoms with Crippen LogP contribution in [-0.2, 0) is 19.2 Å². The number of carbonyl (C=O) groups excluding carboxylic acids is 3. The van der Waals surface area contributed by atoms with Gasteiger partial charge >= 0.3 is 5.97 Å². The van der Waals surface area contributed by atoms with E-state index in [1.807, 2.05) is 12.2 Å². The second-order valence-corrected chi connectivity index (χ2v) is 9.66. The van der Waals surface area contributed by atoms with Crippen LogP contribution >= 0.6 is 0 Å². The van der Waals surface area contributed by atoms with Crippen LogP contribution in [0.15, 0.2) is 12.2 Å². The predicted molar refractivity (Wildman–Crippen MR) is 134 cm³/mol. The van der Waals surface area contributed by atoms with E-state index < -0.39 is 53.3 Å². The van der Waals surface area contributed by atoms with E-state index in [0.29, 0.717) is 19.3 Å². The van der Waals surface area contributed by atoms with Crippen molar-refractivity contribution in [3.05, 3.63) is 12.2 Å². The van der Waals surface area contributed by atoms with E-state index in [-0.39, 0.29) is 12.5 Å². The highest BCUT2D eigenvalue weighted by Gasteiger charge is 2.65. The number of aliphatic hydroxyl groups excluding tert-OH is 3. The first-order chi connectivity index (χ1) is 16.4. The molecule has 0 amide bonds. The van der Waals surface area contributed by atoms with Crippen molar-refractivity contribution in [2.45, 2.75) is 117 Å². The summed E-state index contributed by atoms with van der Waals surface area (Å²) >= 11 is 0.